The molecule has 0 aliphatic heterocycles. The molecule has 0 fully saturated rings. The summed E-state index contributed by atoms with van der Waals surface area (Å²) in [6, 6.07) is 10.6. The Hall–Kier alpha value is -2.73. The first-order valence-corrected chi connectivity index (χ1v) is 9.94. The zero-order valence-corrected chi connectivity index (χ0v) is 18.0. The van der Waals surface area contributed by atoms with Crippen molar-refractivity contribution < 1.29 is 19.1 Å². The van der Waals surface area contributed by atoms with Crippen LogP contribution in [-0.4, -0.2) is 43.5 Å². The first kappa shape index (κ1) is 22.6. The molecule has 0 saturated heterocycles. The van der Waals surface area contributed by atoms with Crippen LogP contribution in [0.25, 0.3) is 0 Å². The van der Waals surface area contributed by atoms with Gasteiger partial charge in [-0.05, 0) is 44.5 Å². The van der Waals surface area contributed by atoms with Crippen LogP contribution in [0.5, 0.6) is 11.5 Å². The van der Waals surface area contributed by atoms with E-state index in [0.717, 1.165) is 12.0 Å². The highest BCUT2D eigenvalue weighted by atomic mass is 35.5. The molecule has 2 rings (SSSR count). The Morgan fingerprint density at radius 3 is 2.41 bits per heavy atom. The summed E-state index contributed by atoms with van der Waals surface area (Å²) in [5.41, 5.74) is 2.11. The van der Waals surface area contributed by atoms with Crippen molar-refractivity contribution in [2.45, 2.75) is 27.2 Å². The SMILES string of the molecule is CCCOc1c(Cl)cc(C(=O)N(C)CC(=O)Nc2ccc(C)cc2)cc1OCC. The molecule has 0 heterocycles. The van der Waals surface area contributed by atoms with Crippen molar-refractivity contribution in [3.8, 4) is 11.5 Å². The highest BCUT2D eigenvalue weighted by Crippen LogP contribution is 2.37. The lowest BCUT2D eigenvalue weighted by Crippen LogP contribution is -2.35. The lowest BCUT2D eigenvalue weighted by atomic mass is 10.1. The summed E-state index contributed by atoms with van der Waals surface area (Å²) in [7, 11) is 1.56. The van der Waals surface area contributed by atoms with E-state index in [2.05, 4.69) is 5.32 Å². The maximum Gasteiger partial charge on any atom is 0.254 e. The molecule has 0 aliphatic rings. The van der Waals surface area contributed by atoms with Crippen LogP contribution < -0.4 is 14.8 Å². The van der Waals surface area contributed by atoms with E-state index < -0.39 is 0 Å². The van der Waals surface area contributed by atoms with Crippen LogP contribution in [0.15, 0.2) is 36.4 Å². The van der Waals surface area contributed by atoms with Crippen molar-refractivity contribution in [2.24, 2.45) is 0 Å². The first-order valence-electron chi connectivity index (χ1n) is 9.56. The monoisotopic (exact) mass is 418 g/mol. The largest absolute Gasteiger partial charge is 0.490 e. The standard InChI is InChI=1S/C22H27ClN2O4/c1-5-11-29-21-18(23)12-16(13-19(21)28-6-2)22(27)25(4)14-20(26)24-17-9-7-15(3)8-10-17/h7-10,12-13H,5-6,11,14H2,1-4H3,(H,24,26). The topological polar surface area (TPSA) is 67.9 Å². The van der Waals surface area contributed by atoms with E-state index in [0.29, 0.717) is 41.0 Å². The minimum atomic E-state index is -0.339. The number of halogens is 1. The summed E-state index contributed by atoms with van der Waals surface area (Å²) in [5.74, 6) is 0.207. The number of ether oxygens (including phenoxy) is 2. The third-order valence-corrected chi connectivity index (χ3v) is 4.35. The number of hydrogen-bond acceptors (Lipinski definition) is 4. The normalized spacial score (nSPS) is 10.4. The van der Waals surface area contributed by atoms with Gasteiger partial charge in [-0.15, -0.1) is 0 Å². The van der Waals surface area contributed by atoms with Gasteiger partial charge >= 0.3 is 0 Å². The van der Waals surface area contributed by atoms with Crippen LogP contribution in [0.2, 0.25) is 5.02 Å². The van der Waals surface area contributed by atoms with Crippen molar-refractivity contribution in [1.29, 1.82) is 0 Å². The predicted molar refractivity (Wildman–Crippen MR) is 115 cm³/mol. The molecule has 1 N–H and O–H groups in total. The van der Waals surface area contributed by atoms with Crippen LogP contribution in [0.3, 0.4) is 0 Å². The van der Waals surface area contributed by atoms with E-state index in [9.17, 15) is 9.59 Å². The first-order chi connectivity index (χ1) is 13.8. The van der Waals surface area contributed by atoms with E-state index in [1.54, 1.807) is 13.1 Å². The van der Waals surface area contributed by atoms with Crippen LogP contribution in [0, 0.1) is 6.92 Å². The Bertz CT molecular complexity index is 853. The Morgan fingerprint density at radius 1 is 1.10 bits per heavy atom. The van der Waals surface area contributed by atoms with E-state index in [4.69, 9.17) is 21.1 Å². The number of benzene rings is 2. The van der Waals surface area contributed by atoms with Crippen LogP contribution >= 0.6 is 11.6 Å². The smallest absolute Gasteiger partial charge is 0.254 e. The number of amides is 2. The Balaban J connectivity index is 2.11. The van der Waals surface area contributed by atoms with E-state index >= 15 is 0 Å². The molecule has 6 nitrogen and oxygen atoms in total. The number of nitrogens with zero attached hydrogens (tertiary/aromatic N) is 1. The number of carbonyl (C=O) groups is 2. The molecule has 29 heavy (non-hydrogen) atoms. The molecule has 7 heteroatoms. The molecule has 0 aromatic heterocycles. The lowest BCUT2D eigenvalue weighted by molar-refractivity contribution is -0.116. The van der Waals surface area contributed by atoms with Gasteiger partial charge in [0.15, 0.2) is 11.5 Å². The zero-order valence-electron chi connectivity index (χ0n) is 17.3. The number of rotatable bonds is 9. The van der Waals surface area contributed by atoms with Crippen molar-refractivity contribution in [1.82, 2.24) is 4.90 Å². The average Bonchev–Trinajstić information content (AvgIpc) is 2.68. The zero-order chi connectivity index (χ0) is 21.4. The van der Waals surface area contributed by atoms with Gasteiger partial charge in [-0.25, -0.2) is 0 Å². The van der Waals surface area contributed by atoms with E-state index in [1.807, 2.05) is 45.0 Å². The van der Waals surface area contributed by atoms with Gasteiger partial charge in [-0.2, -0.15) is 0 Å². The molecule has 0 unspecified atom stereocenters. The summed E-state index contributed by atoms with van der Waals surface area (Å²) in [5, 5.41) is 3.07. The van der Waals surface area contributed by atoms with Crippen LogP contribution in [0.4, 0.5) is 5.69 Å². The van der Waals surface area contributed by atoms with E-state index in [1.165, 1.54) is 11.0 Å². The minimum absolute atomic E-state index is 0.0949. The second kappa shape index (κ2) is 10.7. The van der Waals surface area contributed by atoms with Gasteiger partial charge in [0.1, 0.15) is 0 Å². The molecule has 2 aromatic rings. The van der Waals surface area contributed by atoms with Crippen molar-refractivity contribution >= 4 is 29.1 Å². The van der Waals surface area contributed by atoms with Gasteiger partial charge in [0, 0.05) is 18.3 Å². The van der Waals surface area contributed by atoms with Crippen molar-refractivity contribution in [3.63, 3.8) is 0 Å². The Labute approximate surface area is 176 Å². The third kappa shape index (κ3) is 6.39. The molecule has 0 atom stereocenters. The maximum atomic E-state index is 12.8. The predicted octanol–water partition coefficient (Wildman–Crippen LogP) is 4.55. The Morgan fingerprint density at radius 2 is 1.79 bits per heavy atom. The van der Waals surface area contributed by atoms with Gasteiger partial charge in [0.05, 0.1) is 24.8 Å². The van der Waals surface area contributed by atoms with Crippen molar-refractivity contribution in [3.05, 3.63) is 52.5 Å². The summed E-state index contributed by atoms with van der Waals surface area (Å²) in [4.78, 5) is 26.4. The average molecular weight is 419 g/mol. The Kier molecular flexibility index (Phi) is 8.34. The second-order valence-electron chi connectivity index (χ2n) is 6.64. The fourth-order valence-corrected chi connectivity index (χ4v) is 2.91. The number of carbonyl (C=O) groups excluding carboxylic acids is 2. The number of aryl methyl sites for hydroxylation is 1. The molecule has 2 aromatic carbocycles. The fourth-order valence-electron chi connectivity index (χ4n) is 2.64. The van der Waals surface area contributed by atoms with Crippen LogP contribution in [0.1, 0.15) is 36.2 Å². The number of hydrogen-bond donors (Lipinski definition) is 1. The van der Waals surface area contributed by atoms with E-state index in [-0.39, 0.29) is 18.4 Å². The molecular weight excluding hydrogens is 392 g/mol. The highest BCUT2D eigenvalue weighted by Gasteiger charge is 2.20. The summed E-state index contributed by atoms with van der Waals surface area (Å²) in [6.45, 7) is 6.61. The highest BCUT2D eigenvalue weighted by molar-refractivity contribution is 6.32. The molecule has 0 saturated carbocycles. The third-order valence-electron chi connectivity index (χ3n) is 4.07. The molecule has 0 bridgehead atoms. The summed E-state index contributed by atoms with van der Waals surface area (Å²) < 4.78 is 11.3. The van der Waals surface area contributed by atoms with Gasteiger partial charge < -0.3 is 19.7 Å². The second-order valence-corrected chi connectivity index (χ2v) is 7.05. The maximum absolute atomic E-state index is 12.8. The minimum Gasteiger partial charge on any atom is -0.490 e. The molecule has 2 amide bonds. The molecule has 0 spiro atoms. The molecule has 156 valence electrons. The van der Waals surface area contributed by atoms with Gasteiger partial charge in [-0.1, -0.05) is 36.2 Å². The van der Waals surface area contributed by atoms with Gasteiger partial charge in [0.2, 0.25) is 5.91 Å². The molecule has 0 radical (unpaired) electrons. The van der Waals surface area contributed by atoms with Crippen molar-refractivity contribution in [2.75, 3.05) is 32.1 Å². The summed E-state index contributed by atoms with van der Waals surface area (Å²) in [6.07, 6.45) is 0.821. The lowest BCUT2D eigenvalue weighted by Gasteiger charge is -2.19. The number of likely N-dealkylation sites (N-methyl/N-ethyl adjacent to an activating group) is 1. The fraction of sp³-hybridized carbons (Fsp3) is 0.364. The van der Waals surface area contributed by atoms with Crippen LogP contribution in [-0.2, 0) is 4.79 Å². The van der Waals surface area contributed by atoms with Gasteiger partial charge in [0.25, 0.3) is 5.91 Å². The molecular formula is C22H27ClN2O4. The quantitative estimate of drug-likeness (QED) is 0.648. The number of anilines is 1. The summed E-state index contributed by atoms with van der Waals surface area (Å²) >= 11 is 6.33. The number of nitrogens with one attached hydrogen (secondary N) is 1. The molecule has 0 aliphatic carbocycles. The van der Waals surface area contributed by atoms with Gasteiger partial charge in [-0.3, -0.25) is 9.59 Å².